The van der Waals surface area contributed by atoms with Crippen LogP contribution in [0.2, 0.25) is 10.0 Å². The number of carbonyl (C=O) groups excluding carboxylic acids is 2. The minimum absolute atomic E-state index is 0.0167. The zero-order valence-electron chi connectivity index (χ0n) is 23.9. The molecule has 9 nitrogen and oxygen atoms in total. The lowest BCUT2D eigenvalue weighted by atomic mass is 9.99. The Bertz CT molecular complexity index is 1210. The van der Waals surface area contributed by atoms with E-state index in [0.29, 0.717) is 72.9 Å². The van der Waals surface area contributed by atoms with Gasteiger partial charge in [0, 0.05) is 57.3 Å². The maximum atomic E-state index is 13.7. The number of halogens is 2. The Kier molecular flexibility index (Phi) is 11.3. The van der Waals surface area contributed by atoms with E-state index >= 15 is 0 Å². The van der Waals surface area contributed by atoms with Gasteiger partial charge in [-0.25, -0.2) is 0 Å². The number of likely N-dealkylation sites (N-methyl/N-ethyl adjacent to an activating group) is 1. The Morgan fingerprint density at radius 2 is 1.93 bits per heavy atom. The van der Waals surface area contributed by atoms with E-state index in [-0.39, 0.29) is 36.5 Å². The van der Waals surface area contributed by atoms with Gasteiger partial charge in [0.25, 0.3) is 5.91 Å². The molecule has 0 radical (unpaired) electrons. The van der Waals surface area contributed by atoms with E-state index in [0.717, 1.165) is 18.7 Å². The minimum Gasteiger partial charge on any atom is -0.488 e. The summed E-state index contributed by atoms with van der Waals surface area (Å²) in [4.78, 5) is 32.5. The van der Waals surface area contributed by atoms with Crippen LogP contribution in [-0.4, -0.2) is 103 Å². The van der Waals surface area contributed by atoms with Crippen molar-refractivity contribution >= 4 is 40.7 Å². The molecule has 2 N–H and O–H groups in total. The van der Waals surface area contributed by atoms with Crippen molar-refractivity contribution in [3.8, 4) is 5.75 Å². The number of ether oxygens (including phenoxy) is 2. The Morgan fingerprint density at radius 1 is 1.17 bits per heavy atom. The van der Waals surface area contributed by atoms with Crippen LogP contribution in [0.1, 0.15) is 36.2 Å². The van der Waals surface area contributed by atoms with Crippen molar-refractivity contribution in [2.45, 2.75) is 39.0 Å². The van der Waals surface area contributed by atoms with Crippen LogP contribution in [0, 0.1) is 5.92 Å². The maximum Gasteiger partial charge on any atom is 0.258 e. The molecule has 11 heteroatoms. The van der Waals surface area contributed by atoms with Gasteiger partial charge in [-0.1, -0.05) is 36.2 Å². The number of nitrogens with one attached hydrogen (secondary N) is 1. The second-order valence-corrected chi connectivity index (χ2v) is 11.8. The molecule has 0 aliphatic carbocycles. The van der Waals surface area contributed by atoms with Crippen LogP contribution < -0.4 is 10.1 Å². The number of hydrogen-bond donors (Lipinski definition) is 2. The average molecular weight is 608 g/mol. The van der Waals surface area contributed by atoms with Crippen LogP contribution in [0.5, 0.6) is 5.75 Å². The first-order valence-electron chi connectivity index (χ1n) is 14.1. The first kappa shape index (κ1) is 31.5. The molecule has 41 heavy (non-hydrogen) atoms. The van der Waals surface area contributed by atoms with Crippen molar-refractivity contribution < 1.29 is 24.2 Å². The van der Waals surface area contributed by atoms with Crippen molar-refractivity contribution in [1.82, 2.24) is 14.7 Å². The van der Waals surface area contributed by atoms with Gasteiger partial charge in [-0.05, 0) is 49.9 Å². The standard InChI is InChI=1S/C30H40Cl2N4O5/c1-20-16-36(21(2)19-37)30(39)24-15-23(33-29(38)8-9-35-10-12-40-13-11-35)5-7-27(24)41-28(20)18-34(3)17-22-4-6-25(31)26(32)14-22/h4-7,14-15,20-21,28,37H,8-13,16-19H2,1-3H3,(H,33,38)/t20-,21+,28+/m0/s1. The van der Waals surface area contributed by atoms with Crippen LogP contribution in [-0.2, 0) is 16.1 Å². The van der Waals surface area contributed by atoms with Crippen molar-refractivity contribution in [3.05, 3.63) is 57.6 Å². The molecule has 1 saturated heterocycles. The minimum atomic E-state index is -0.378. The van der Waals surface area contributed by atoms with Crippen LogP contribution in [0.25, 0.3) is 0 Å². The van der Waals surface area contributed by atoms with Crippen LogP contribution >= 0.6 is 23.2 Å². The van der Waals surface area contributed by atoms with Gasteiger partial charge in [-0.2, -0.15) is 0 Å². The number of nitrogens with zero attached hydrogens (tertiary/aromatic N) is 3. The molecule has 1 fully saturated rings. The van der Waals surface area contributed by atoms with Gasteiger partial charge >= 0.3 is 0 Å². The fourth-order valence-corrected chi connectivity index (χ4v) is 5.47. The van der Waals surface area contributed by atoms with Crippen LogP contribution in [0.3, 0.4) is 0 Å². The predicted octanol–water partition coefficient (Wildman–Crippen LogP) is 4.01. The highest BCUT2D eigenvalue weighted by Crippen LogP contribution is 2.31. The number of rotatable bonds is 10. The fraction of sp³-hybridized carbons (Fsp3) is 0.533. The quantitative estimate of drug-likeness (QED) is 0.422. The summed E-state index contributed by atoms with van der Waals surface area (Å²) in [6.07, 6.45) is 0.108. The van der Waals surface area contributed by atoms with Crippen molar-refractivity contribution in [3.63, 3.8) is 0 Å². The highest BCUT2D eigenvalue weighted by Gasteiger charge is 2.33. The molecule has 0 spiro atoms. The number of morpholine rings is 1. The summed E-state index contributed by atoms with van der Waals surface area (Å²) < 4.78 is 11.9. The molecule has 0 saturated carbocycles. The molecule has 2 aliphatic heterocycles. The smallest absolute Gasteiger partial charge is 0.258 e. The number of hydrogen-bond acceptors (Lipinski definition) is 7. The molecule has 2 amide bonds. The molecule has 2 aromatic carbocycles. The lowest BCUT2D eigenvalue weighted by molar-refractivity contribution is -0.116. The number of fused-ring (bicyclic) bond motifs is 1. The summed E-state index contributed by atoms with van der Waals surface area (Å²) in [5.74, 6) is 0.0833. The first-order valence-corrected chi connectivity index (χ1v) is 14.8. The van der Waals surface area contributed by atoms with Gasteiger partial charge in [0.2, 0.25) is 5.91 Å². The summed E-state index contributed by atoms with van der Waals surface area (Å²) in [5.41, 5.74) is 1.92. The normalized spacial score (nSPS) is 20.7. The average Bonchev–Trinajstić information content (AvgIpc) is 2.96. The molecule has 4 rings (SSSR count). The third-order valence-electron chi connectivity index (χ3n) is 7.64. The molecule has 224 valence electrons. The molecular weight excluding hydrogens is 567 g/mol. The lowest BCUT2D eigenvalue weighted by Crippen LogP contribution is -2.49. The summed E-state index contributed by atoms with van der Waals surface area (Å²) in [7, 11) is 2.01. The number of amides is 2. The van der Waals surface area contributed by atoms with E-state index in [1.54, 1.807) is 29.2 Å². The molecule has 2 aliphatic rings. The van der Waals surface area contributed by atoms with E-state index in [4.69, 9.17) is 32.7 Å². The Labute approximate surface area is 252 Å². The third-order valence-corrected chi connectivity index (χ3v) is 8.37. The largest absolute Gasteiger partial charge is 0.488 e. The summed E-state index contributed by atoms with van der Waals surface area (Å²) in [5, 5.41) is 13.9. The van der Waals surface area contributed by atoms with Crippen molar-refractivity contribution in [2.75, 3.05) is 64.9 Å². The highest BCUT2D eigenvalue weighted by atomic mass is 35.5. The molecule has 0 unspecified atom stereocenters. The molecule has 0 aromatic heterocycles. The van der Waals surface area contributed by atoms with Crippen LogP contribution in [0.4, 0.5) is 5.69 Å². The summed E-state index contributed by atoms with van der Waals surface area (Å²) in [6, 6.07) is 10.4. The SMILES string of the molecule is C[C@H](CO)N1C[C@H](C)[C@@H](CN(C)Cc2ccc(Cl)c(Cl)c2)Oc2ccc(NC(=O)CCN3CCOCC3)cc2C1=O. The molecular formula is C30H40Cl2N4O5. The summed E-state index contributed by atoms with van der Waals surface area (Å²) >= 11 is 12.3. The van der Waals surface area contributed by atoms with E-state index in [9.17, 15) is 14.7 Å². The molecule has 2 heterocycles. The van der Waals surface area contributed by atoms with E-state index in [2.05, 4.69) is 22.0 Å². The van der Waals surface area contributed by atoms with Gasteiger partial charge in [-0.15, -0.1) is 0 Å². The number of aliphatic hydroxyl groups is 1. The van der Waals surface area contributed by atoms with Gasteiger partial charge < -0.3 is 24.8 Å². The number of carbonyl (C=O) groups is 2. The molecule has 2 aromatic rings. The van der Waals surface area contributed by atoms with Gasteiger partial charge in [0.1, 0.15) is 11.9 Å². The van der Waals surface area contributed by atoms with Crippen LogP contribution in [0.15, 0.2) is 36.4 Å². The van der Waals surface area contributed by atoms with Gasteiger partial charge in [0.15, 0.2) is 0 Å². The molecule has 0 bridgehead atoms. The predicted molar refractivity (Wildman–Crippen MR) is 161 cm³/mol. The van der Waals surface area contributed by atoms with E-state index in [1.807, 2.05) is 26.1 Å². The van der Waals surface area contributed by atoms with Crippen molar-refractivity contribution in [2.24, 2.45) is 5.92 Å². The molecule has 3 atom stereocenters. The first-order chi connectivity index (χ1) is 19.6. The van der Waals surface area contributed by atoms with E-state index < -0.39 is 0 Å². The topological polar surface area (TPSA) is 94.6 Å². The highest BCUT2D eigenvalue weighted by molar-refractivity contribution is 6.42. The Hall–Kier alpha value is -2.40. The maximum absolute atomic E-state index is 13.7. The van der Waals surface area contributed by atoms with Crippen molar-refractivity contribution in [1.29, 1.82) is 0 Å². The number of anilines is 1. The second kappa shape index (κ2) is 14.7. The lowest BCUT2D eigenvalue weighted by Gasteiger charge is -2.38. The van der Waals surface area contributed by atoms with E-state index in [1.165, 1.54) is 0 Å². The van der Waals surface area contributed by atoms with Gasteiger partial charge in [-0.3, -0.25) is 19.4 Å². The zero-order chi connectivity index (χ0) is 29.5. The second-order valence-electron chi connectivity index (χ2n) is 11.0. The third kappa shape index (κ3) is 8.56. The fourth-order valence-electron chi connectivity index (χ4n) is 5.15. The zero-order valence-corrected chi connectivity index (χ0v) is 25.5. The van der Waals surface area contributed by atoms with Gasteiger partial charge in [0.05, 0.1) is 41.5 Å². The number of benzene rings is 2. The monoisotopic (exact) mass is 606 g/mol. The Morgan fingerprint density at radius 3 is 2.63 bits per heavy atom. The number of aliphatic hydroxyl groups excluding tert-OH is 1. The summed E-state index contributed by atoms with van der Waals surface area (Å²) in [6.45, 7) is 9.03. The Balaban J connectivity index is 1.50.